The van der Waals surface area contributed by atoms with Crippen molar-refractivity contribution in [1.29, 1.82) is 0 Å². The number of allylic oxidation sites excluding steroid dienone is 1. The molecule has 0 aromatic heterocycles. The summed E-state index contributed by atoms with van der Waals surface area (Å²) in [6, 6.07) is 15.7. The van der Waals surface area contributed by atoms with Gasteiger partial charge in [-0.3, -0.25) is 14.5 Å². The van der Waals surface area contributed by atoms with Crippen LogP contribution in [-0.2, 0) is 32.1 Å². The standard InChI is InChI=1S/C26H24N2O6S/c1-33-18-9-7-16(8-10-18)14-34-26(32)22-19-12-17(13-29)23(19)35-25-21(24(31)28(22)25)27-20(30)11-15-5-3-2-4-6-15/h2-10,12,21,23,25,29H,11,13-14H2,1H3,(H,27,30)/t21-,23+,25-/m1/s1. The van der Waals surface area contributed by atoms with E-state index in [2.05, 4.69) is 5.32 Å². The lowest BCUT2D eigenvalue weighted by molar-refractivity contribution is -0.153. The number of hydrogen-bond acceptors (Lipinski definition) is 7. The van der Waals surface area contributed by atoms with Crippen LogP contribution in [-0.4, -0.2) is 58.2 Å². The fourth-order valence-corrected chi connectivity index (χ4v) is 5.95. The van der Waals surface area contributed by atoms with Gasteiger partial charge >= 0.3 is 5.97 Å². The molecule has 9 heteroatoms. The van der Waals surface area contributed by atoms with Gasteiger partial charge in [0.25, 0.3) is 5.91 Å². The van der Waals surface area contributed by atoms with Crippen molar-refractivity contribution in [2.75, 3.05) is 13.7 Å². The van der Waals surface area contributed by atoms with E-state index < -0.39 is 17.4 Å². The highest BCUT2D eigenvalue weighted by Gasteiger charge is 2.58. The summed E-state index contributed by atoms with van der Waals surface area (Å²) in [4.78, 5) is 40.1. The number of fused-ring (bicyclic) bond motifs is 2. The van der Waals surface area contributed by atoms with Crippen LogP contribution in [0.3, 0.4) is 0 Å². The molecule has 35 heavy (non-hydrogen) atoms. The predicted octanol–water partition coefficient (Wildman–Crippen LogP) is 1.94. The highest BCUT2D eigenvalue weighted by molar-refractivity contribution is 8.01. The number of ether oxygens (including phenoxy) is 2. The van der Waals surface area contributed by atoms with Gasteiger partial charge in [-0.2, -0.15) is 0 Å². The summed E-state index contributed by atoms with van der Waals surface area (Å²) in [5.41, 5.74) is 3.25. The molecular weight excluding hydrogens is 468 g/mol. The first-order valence-electron chi connectivity index (χ1n) is 11.2. The molecule has 2 aromatic carbocycles. The number of amides is 2. The molecule has 2 N–H and O–H groups in total. The number of carbonyl (C=O) groups excluding carboxylic acids is 3. The molecule has 8 nitrogen and oxygen atoms in total. The molecule has 0 bridgehead atoms. The summed E-state index contributed by atoms with van der Waals surface area (Å²) < 4.78 is 10.7. The van der Waals surface area contributed by atoms with Crippen molar-refractivity contribution in [3.8, 4) is 5.75 Å². The van der Waals surface area contributed by atoms with E-state index in [0.29, 0.717) is 11.3 Å². The van der Waals surface area contributed by atoms with Gasteiger partial charge in [0, 0.05) is 5.57 Å². The van der Waals surface area contributed by atoms with Gasteiger partial charge in [-0.25, -0.2) is 4.79 Å². The van der Waals surface area contributed by atoms with E-state index in [1.807, 2.05) is 30.3 Å². The fraction of sp³-hybridized carbons (Fsp3) is 0.269. The Hall–Kier alpha value is -3.56. The number of aliphatic hydroxyl groups is 1. The Morgan fingerprint density at radius 1 is 1.09 bits per heavy atom. The molecule has 1 saturated heterocycles. The van der Waals surface area contributed by atoms with Gasteiger partial charge < -0.3 is 19.9 Å². The minimum absolute atomic E-state index is 0.0396. The van der Waals surface area contributed by atoms with E-state index in [4.69, 9.17) is 9.47 Å². The van der Waals surface area contributed by atoms with Crippen molar-refractivity contribution >= 4 is 29.5 Å². The largest absolute Gasteiger partial charge is 0.497 e. The molecular formula is C26H24N2O6S. The molecule has 180 valence electrons. The fourth-order valence-electron chi connectivity index (χ4n) is 4.35. The van der Waals surface area contributed by atoms with Crippen LogP contribution in [0.15, 0.2) is 77.5 Å². The second kappa shape index (κ2) is 9.59. The van der Waals surface area contributed by atoms with E-state index in [1.54, 1.807) is 37.5 Å². The summed E-state index contributed by atoms with van der Waals surface area (Å²) in [5.74, 6) is -0.527. The van der Waals surface area contributed by atoms with Crippen molar-refractivity contribution in [3.05, 3.63) is 88.6 Å². The number of carbonyl (C=O) groups is 3. The number of aliphatic hydroxyl groups excluding tert-OH is 1. The van der Waals surface area contributed by atoms with Gasteiger partial charge in [-0.15, -0.1) is 11.8 Å². The number of hydrogen-bond donors (Lipinski definition) is 2. The second-order valence-electron chi connectivity index (χ2n) is 8.43. The average molecular weight is 493 g/mol. The molecule has 2 heterocycles. The first kappa shape index (κ1) is 23.2. The normalized spacial score (nSPS) is 22.2. The maximum Gasteiger partial charge on any atom is 0.355 e. The molecule has 0 radical (unpaired) electrons. The number of benzene rings is 2. The minimum atomic E-state index is -0.748. The Morgan fingerprint density at radius 3 is 2.51 bits per heavy atom. The molecule has 0 unspecified atom stereocenters. The Labute approximate surface area is 206 Å². The number of thioether (sulfide) groups is 1. The van der Waals surface area contributed by atoms with Gasteiger partial charge in [0.2, 0.25) is 5.91 Å². The number of nitrogens with zero attached hydrogens (tertiary/aromatic N) is 1. The molecule has 0 spiro atoms. The third kappa shape index (κ3) is 4.33. The highest BCUT2D eigenvalue weighted by atomic mass is 32.2. The maximum atomic E-state index is 13.1. The summed E-state index contributed by atoms with van der Waals surface area (Å²) in [6.07, 6.45) is 1.89. The van der Waals surface area contributed by atoms with Crippen molar-refractivity contribution in [2.45, 2.75) is 29.7 Å². The Bertz CT molecular complexity index is 1220. The van der Waals surface area contributed by atoms with Crippen molar-refractivity contribution < 1.29 is 29.0 Å². The summed E-state index contributed by atoms with van der Waals surface area (Å²) in [5, 5.41) is 11.8. The van der Waals surface area contributed by atoms with E-state index in [0.717, 1.165) is 16.7 Å². The monoisotopic (exact) mass is 492 g/mol. The van der Waals surface area contributed by atoms with E-state index >= 15 is 0 Å². The average Bonchev–Trinajstić information content (AvgIpc) is 2.87. The molecule has 2 aliphatic heterocycles. The lowest BCUT2D eigenvalue weighted by Crippen LogP contribution is -2.71. The molecule has 5 rings (SSSR count). The lowest BCUT2D eigenvalue weighted by Gasteiger charge is -2.53. The van der Waals surface area contributed by atoms with Crippen LogP contribution in [0, 0.1) is 0 Å². The first-order valence-corrected chi connectivity index (χ1v) is 12.1. The van der Waals surface area contributed by atoms with Gasteiger partial charge in [0.1, 0.15) is 29.5 Å². The van der Waals surface area contributed by atoms with Gasteiger partial charge in [-0.1, -0.05) is 48.5 Å². The Kier molecular flexibility index (Phi) is 6.36. The predicted molar refractivity (Wildman–Crippen MR) is 129 cm³/mol. The van der Waals surface area contributed by atoms with Crippen molar-refractivity contribution in [1.82, 2.24) is 10.2 Å². The molecule has 2 amide bonds. The van der Waals surface area contributed by atoms with Gasteiger partial charge in [0.15, 0.2) is 0 Å². The molecule has 0 saturated carbocycles. The van der Waals surface area contributed by atoms with E-state index in [9.17, 15) is 19.5 Å². The Balaban J connectivity index is 1.30. The van der Waals surface area contributed by atoms with Crippen LogP contribution < -0.4 is 10.1 Å². The van der Waals surface area contributed by atoms with Gasteiger partial charge in [0.05, 0.1) is 25.4 Å². The molecule has 3 atom stereocenters. The van der Waals surface area contributed by atoms with E-state index in [-0.39, 0.29) is 42.4 Å². The van der Waals surface area contributed by atoms with E-state index in [1.165, 1.54) is 16.7 Å². The smallest absolute Gasteiger partial charge is 0.355 e. The Morgan fingerprint density at radius 2 is 1.83 bits per heavy atom. The van der Waals surface area contributed by atoms with Crippen molar-refractivity contribution in [2.24, 2.45) is 0 Å². The zero-order valence-electron chi connectivity index (χ0n) is 19.0. The van der Waals surface area contributed by atoms with Crippen molar-refractivity contribution in [3.63, 3.8) is 0 Å². The SMILES string of the molecule is COc1ccc(COC(=O)C2=C3C=C(CO)[C@@H]3S[C@@H]3[C@H](NC(=O)Cc4ccccc4)C(=O)N23)cc1. The number of rotatable bonds is 8. The summed E-state index contributed by atoms with van der Waals surface area (Å²) in [7, 11) is 1.57. The maximum absolute atomic E-state index is 13.1. The first-order chi connectivity index (χ1) is 17.0. The molecule has 1 fully saturated rings. The minimum Gasteiger partial charge on any atom is -0.497 e. The quantitative estimate of drug-likeness (QED) is 0.429. The van der Waals surface area contributed by atoms with Crippen LogP contribution in [0.4, 0.5) is 0 Å². The summed E-state index contributed by atoms with van der Waals surface area (Å²) >= 11 is 1.45. The molecule has 1 aliphatic carbocycles. The summed E-state index contributed by atoms with van der Waals surface area (Å²) in [6.45, 7) is -0.0982. The number of nitrogens with one attached hydrogen (secondary N) is 1. The number of esters is 1. The second-order valence-corrected chi connectivity index (χ2v) is 9.65. The van der Waals surface area contributed by atoms with Crippen LogP contribution in [0.1, 0.15) is 11.1 Å². The topological polar surface area (TPSA) is 105 Å². The molecule has 3 aliphatic rings. The van der Waals surface area contributed by atoms with Crippen LogP contribution in [0.5, 0.6) is 5.75 Å². The zero-order valence-corrected chi connectivity index (χ0v) is 19.8. The van der Waals surface area contributed by atoms with Gasteiger partial charge in [-0.05, 0) is 28.8 Å². The lowest BCUT2D eigenvalue weighted by atomic mass is 9.88. The highest BCUT2D eigenvalue weighted by Crippen LogP contribution is 2.51. The molecule has 2 aromatic rings. The van der Waals surface area contributed by atoms with Crippen LogP contribution in [0.2, 0.25) is 0 Å². The van der Waals surface area contributed by atoms with Crippen LogP contribution >= 0.6 is 11.8 Å². The number of methoxy groups -OCH3 is 1. The van der Waals surface area contributed by atoms with Crippen LogP contribution in [0.25, 0.3) is 0 Å². The third-order valence-corrected chi connectivity index (χ3v) is 7.81. The number of β-lactam (4-membered cyclic amide) rings is 1. The zero-order chi connectivity index (χ0) is 24.5. The third-order valence-electron chi connectivity index (χ3n) is 6.22.